The number of halogens is 1. The maximum atomic E-state index is 11.5. The summed E-state index contributed by atoms with van der Waals surface area (Å²) in [5, 5.41) is 2.74. The molecule has 0 aromatic heterocycles. The Labute approximate surface area is 87.2 Å². The quantitative estimate of drug-likeness (QED) is 0.507. The first-order valence-corrected chi connectivity index (χ1v) is 4.75. The summed E-state index contributed by atoms with van der Waals surface area (Å²) in [5.41, 5.74) is 8.05. The Hall–Kier alpha value is -1.22. The average molecular weight is 211 g/mol. The molecule has 2 rings (SSSR count). The van der Waals surface area contributed by atoms with Gasteiger partial charge in [-0.1, -0.05) is 6.07 Å². The molecule has 3 N–H and O–H groups in total. The second-order valence-electron chi connectivity index (χ2n) is 3.74. The van der Waals surface area contributed by atoms with E-state index in [1.165, 1.54) is 0 Å². The van der Waals surface area contributed by atoms with E-state index in [2.05, 4.69) is 5.32 Å². The van der Waals surface area contributed by atoms with Gasteiger partial charge >= 0.3 is 0 Å². The Bertz CT molecular complexity index is 401. The molecular weight excluding hydrogens is 200 g/mol. The van der Waals surface area contributed by atoms with E-state index in [1.807, 2.05) is 12.1 Å². The van der Waals surface area contributed by atoms with Gasteiger partial charge in [0, 0.05) is 17.8 Å². The molecule has 0 fully saturated rings. The average Bonchev–Trinajstić information content (AvgIpc) is 2.08. The summed E-state index contributed by atoms with van der Waals surface area (Å²) in [6, 6.07) is 5.45. The van der Waals surface area contributed by atoms with Crippen LogP contribution in [0.4, 0.5) is 11.4 Å². The second-order valence-corrected chi connectivity index (χ2v) is 4.58. The van der Waals surface area contributed by atoms with Gasteiger partial charge in [0.2, 0.25) is 5.91 Å². The normalized spacial score (nSPS) is 25.4. The van der Waals surface area contributed by atoms with Crippen LogP contribution in [0.5, 0.6) is 0 Å². The number of nitrogens with one attached hydrogen (secondary N) is 1. The fraction of sp³-hybridized carbons (Fsp3) is 0.300. The summed E-state index contributed by atoms with van der Waals surface area (Å²) >= 11 is 6.05. The minimum absolute atomic E-state index is 0.169. The molecule has 1 atom stereocenters. The lowest BCUT2D eigenvalue weighted by Gasteiger charge is -2.28. The van der Waals surface area contributed by atoms with E-state index in [9.17, 15) is 4.79 Å². The van der Waals surface area contributed by atoms with Gasteiger partial charge in [0.15, 0.2) is 0 Å². The Balaban J connectivity index is 2.46. The van der Waals surface area contributed by atoms with Crippen molar-refractivity contribution < 1.29 is 4.79 Å². The molecule has 74 valence electrons. The van der Waals surface area contributed by atoms with E-state index in [-0.39, 0.29) is 5.91 Å². The van der Waals surface area contributed by atoms with E-state index in [4.69, 9.17) is 17.3 Å². The monoisotopic (exact) mass is 210 g/mol. The third-order valence-electron chi connectivity index (χ3n) is 2.38. The van der Waals surface area contributed by atoms with Crippen LogP contribution >= 0.6 is 11.6 Å². The predicted molar refractivity (Wildman–Crippen MR) is 57.4 cm³/mol. The molecule has 1 aliphatic heterocycles. The van der Waals surface area contributed by atoms with E-state index in [0.717, 1.165) is 11.3 Å². The van der Waals surface area contributed by atoms with Crippen LogP contribution in [-0.4, -0.2) is 10.8 Å². The number of nitrogens with two attached hydrogens (primary N) is 1. The molecule has 0 saturated carbocycles. The number of carbonyl (C=O) groups excluding carboxylic acids is 1. The molecule has 1 aliphatic rings. The molecule has 0 spiro atoms. The summed E-state index contributed by atoms with van der Waals surface area (Å²) in [5.74, 6) is -0.169. The highest BCUT2D eigenvalue weighted by Gasteiger charge is 2.35. The first-order valence-electron chi connectivity index (χ1n) is 4.38. The maximum absolute atomic E-state index is 11.5. The van der Waals surface area contributed by atoms with Gasteiger partial charge in [0.1, 0.15) is 4.87 Å². The van der Waals surface area contributed by atoms with Crippen molar-refractivity contribution in [3.63, 3.8) is 0 Å². The molecule has 0 saturated heterocycles. The largest absolute Gasteiger partial charge is 0.399 e. The first kappa shape index (κ1) is 9.34. The highest BCUT2D eigenvalue weighted by atomic mass is 35.5. The molecule has 1 aromatic rings. The first-order chi connectivity index (χ1) is 6.49. The topological polar surface area (TPSA) is 55.1 Å². The van der Waals surface area contributed by atoms with Crippen LogP contribution in [0.1, 0.15) is 12.5 Å². The lowest BCUT2D eigenvalue weighted by atomic mass is 9.94. The molecule has 0 bridgehead atoms. The minimum atomic E-state index is -0.844. The van der Waals surface area contributed by atoms with Gasteiger partial charge < -0.3 is 11.1 Å². The molecule has 0 aliphatic carbocycles. The number of fused-ring (bicyclic) bond motifs is 1. The van der Waals surface area contributed by atoms with Gasteiger partial charge in [-0.25, -0.2) is 0 Å². The van der Waals surface area contributed by atoms with Crippen LogP contribution in [0.25, 0.3) is 0 Å². The number of nitrogen functional groups attached to an aromatic ring is 1. The van der Waals surface area contributed by atoms with Crippen LogP contribution in [0.2, 0.25) is 0 Å². The van der Waals surface area contributed by atoms with Crippen molar-refractivity contribution in [2.24, 2.45) is 0 Å². The number of benzene rings is 1. The number of hydrogen-bond acceptors (Lipinski definition) is 2. The maximum Gasteiger partial charge on any atom is 0.245 e. The number of hydrogen-bond donors (Lipinski definition) is 2. The molecule has 0 radical (unpaired) electrons. The number of rotatable bonds is 0. The Morgan fingerprint density at radius 3 is 3.00 bits per heavy atom. The molecule has 14 heavy (non-hydrogen) atoms. The van der Waals surface area contributed by atoms with Crippen molar-refractivity contribution in [2.45, 2.75) is 18.2 Å². The molecule has 0 unspecified atom stereocenters. The van der Waals surface area contributed by atoms with Gasteiger partial charge in [-0.3, -0.25) is 4.79 Å². The third kappa shape index (κ3) is 1.44. The lowest BCUT2D eigenvalue weighted by molar-refractivity contribution is -0.118. The van der Waals surface area contributed by atoms with Crippen LogP contribution in [-0.2, 0) is 11.2 Å². The summed E-state index contributed by atoms with van der Waals surface area (Å²) in [4.78, 5) is 10.7. The summed E-state index contributed by atoms with van der Waals surface area (Å²) < 4.78 is 0. The van der Waals surface area contributed by atoms with Crippen LogP contribution in [0.3, 0.4) is 0 Å². The number of alkyl halides is 1. The highest BCUT2D eigenvalue weighted by Crippen LogP contribution is 2.32. The molecular formula is C10H11ClN2O. The minimum Gasteiger partial charge on any atom is -0.399 e. The Kier molecular flexibility index (Phi) is 1.93. The fourth-order valence-electron chi connectivity index (χ4n) is 1.56. The number of amides is 1. The van der Waals surface area contributed by atoms with Crippen molar-refractivity contribution in [3.8, 4) is 0 Å². The summed E-state index contributed by atoms with van der Waals surface area (Å²) in [6.45, 7) is 1.71. The number of carbonyl (C=O) groups is 1. The molecule has 4 heteroatoms. The molecule has 1 heterocycles. The predicted octanol–water partition coefficient (Wildman–Crippen LogP) is 1.76. The molecule has 1 aromatic carbocycles. The van der Waals surface area contributed by atoms with E-state index >= 15 is 0 Å². The second kappa shape index (κ2) is 2.89. The van der Waals surface area contributed by atoms with Crippen LogP contribution in [0.15, 0.2) is 18.2 Å². The highest BCUT2D eigenvalue weighted by molar-refractivity contribution is 6.37. The van der Waals surface area contributed by atoms with Gasteiger partial charge in [-0.05, 0) is 24.6 Å². The molecule has 1 amide bonds. The summed E-state index contributed by atoms with van der Waals surface area (Å²) in [6.07, 6.45) is 0.538. The third-order valence-corrected chi connectivity index (χ3v) is 2.68. The van der Waals surface area contributed by atoms with Gasteiger partial charge in [-0.15, -0.1) is 11.6 Å². The van der Waals surface area contributed by atoms with Crippen molar-refractivity contribution >= 4 is 28.9 Å². The van der Waals surface area contributed by atoms with Crippen molar-refractivity contribution in [1.29, 1.82) is 0 Å². The van der Waals surface area contributed by atoms with Gasteiger partial charge in [-0.2, -0.15) is 0 Å². The zero-order valence-electron chi connectivity index (χ0n) is 7.80. The van der Waals surface area contributed by atoms with E-state index in [0.29, 0.717) is 12.1 Å². The van der Waals surface area contributed by atoms with Crippen molar-refractivity contribution in [3.05, 3.63) is 23.8 Å². The number of anilines is 2. The van der Waals surface area contributed by atoms with Gasteiger partial charge in [0.25, 0.3) is 0 Å². The molecule has 3 nitrogen and oxygen atoms in total. The standard InChI is InChI=1S/C10H11ClN2O/c1-10(11)5-6-2-3-7(12)4-8(6)13-9(10)14/h2-4H,5,12H2,1H3,(H,13,14)/t10-/m1/s1. The Morgan fingerprint density at radius 2 is 2.29 bits per heavy atom. The zero-order valence-corrected chi connectivity index (χ0v) is 8.56. The SMILES string of the molecule is C[C@@]1(Cl)Cc2ccc(N)cc2NC1=O. The smallest absolute Gasteiger partial charge is 0.245 e. The Morgan fingerprint density at radius 1 is 1.57 bits per heavy atom. The van der Waals surface area contributed by atoms with Gasteiger partial charge in [0.05, 0.1) is 0 Å². The van der Waals surface area contributed by atoms with E-state index < -0.39 is 4.87 Å². The zero-order chi connectivity index (χ0) is 10.3. The summed E-state index contributed by atoms with van der Waals surface area (Å²) in [7, 11) is 0. The van der Waals surface area contributed by atoms with Crippen molar-refractivity contribution in [1.82, 2.24) is 0 Å². The fourth-order valence-corrected chi connectivity index (χ4v) is 1.75. The van der Waals surface area contributed by atoms with E-state index in [1.54, 1.807) is 13.0 Å². The lowest BCUT2D eigenvalue weighted by Crippen LogP contribution is -2.40. The van der Waals surface area contributed by atoms with Crippen LogP contribution < -0.4 is 11.1 Å². The van der Waals surface area contributed by atoms with Crippen LogP contribution in [0, 0.1) is 0 Å². The van der Waals surface area contributed by atoms with Crippen molar-refractivity contribution in [2.75, 3.05) is 11.1 Å².